The molecule has 1 amide bonds. The third kappa shape index (κ3) is 4.36. The zero-order chi connectivity index (χ0) is 17.0. The van der Waals surface area contributed by atoms with Crippen LogP contribution in [0.1, 0.15) is 32.3 Å². The Kier molecular flexibility index (Phi) is 6.27. The molecule has 0 bridgehead atoms. The standard InChI is InChI=1S/C17H24INO4/c1-11(2)9-17(22-10-21-3,12-6-4-5-7-14(12)18)13-8-15(13)23-16(19)20/h4-7,11,13,15H,8-10H2,1-3H3,(H2,19,20)/t13-,15?,17+/m0/s1. The maximum atomic E-state index is 11.1. The summed E-state index contributed by atoms with van der Waals surface area (Å²) >= 11 is 2.32. The molecule has 23 heavy (non-hydrogen) atoms. The molecule has 3 atom stereocenters. The van der Waals surface area contributed by atoms with E-state index in [0.29, 0.717) is 5.92 Å². The average Bonchev–Trinajstić information content (AvgIpc) is 3.22. The number of nitrogens with two attached hydrogens (primary N) is 1. The number of carbonyl (C=O) groups is 1. The van der Waals surface area contributed by atoms with Crippen LogP contribution in [0.5, 0.6) is 0 Å². The first-order valence-electron chi connectivity index (χ1n) is 7.74. The molecule has 1 aliphatic carbocycles. The van der Waals surface area contributed by atoms with Gasteiger partial charge >= 0.3 is 6.09 Å². The van der Waals surface area contributed by atoms with Crippen LogP contribution < -0.4 is 5.73 Å². The Labute approximate surface area is 151 Å². The minimum Gasteiger partial charge on any atom is -0.446 e. The topological polar surface area (TPSA) is 70.8 Å². The predicted molar refractivity (Wildman–Crippen MR) is 95.8 cm³/mol. The molecule has 0 aromatic heterocycles. The minimum atomic E-state index is -0.731. The van der Waals surface area contributed by atoms with Crippen molar-refractivity contribution in [2.75, 3.05) is 13.9 Å². The lowest BCUT2D eigenvalue weighted by molar-refractivity contribution is -0.159. The first-order valence-corrected chi connectivity index (χ1v) is 8.82. The Bertz CT molecular complexity index is 551. The van der Waals surface area contributed by atoms with E-state index in [2.05, 4.69) is 48.6 Å². The zero-order valence-corrected chi connectivity index (χ0v) is 15.9. The summed E-state index contributed by atoms with van der Waals surface area (Å²) < 4.78 is 17.8. The van der Waals surface area contributed by atoms with Crippen LogP contribution in [0.4, 0.5) is 4.79 Å². The van der Waals surface area contributed by atoms with Crippen molar-refractivity contribution >= 4 is 28.7 Å². The van der Waals surface area contributed by atoms with E-state index in [4.69, 9.17) is 19.9 Å². The van der Waals surface area contributed by atoms with Crippen LogP contribution >= 0.6 is 22.6 Å². The molecule has 0 aliphatic heterocycles. The summed E-state index contributed by atoms with van der Waals surface area (Å²) in [5, 5.41) is 0. The normalized spacial score (nSPS) is 22.7. The molecular formula is C17H24INO4. The van der Waals surface area contributed by atoms with Gasteiger partial charge in [0.15, 0.2) is 0 Å². The lowest BCUT2D eigenvalue weighted by atomic mass is 9.81. The summed E-state index contributed by atoms with van der Waals surface area (Å²) in [6.07, 6.45) is 0.647. The van der Waals surface area contributed by atoms with Crippen LogP contribution in [0.25, 0.3) is 0 Å². The van der Waals surface area contributed by atoms with Gasteiger partial charge in [0.1, 0.15) is 18.5 Å². The molecule has 0 radical (unpaired) electrons. The summed E-state index contributed by atoms with van der Waals surface area (Å²) in [7, 11) is 1.61. The minimum absolute atomic E-state index is 0.0865. The van der Waals surface area contributed by atoms with E-state index in [1.165, 1.54) is 0 Å². The van der Waals surface area contributed by atoms with Crippen molar-refractivity contribution in [3.05, 3.63) is 33.4 Å². The number of ether oxygens (including phenoxy) is 3. The van der Waals surface area contributed by atoms with Crippen LogP contribution in [0.2, 0.25) is 0 Å². The van der Waals surface area contributed by atoms with Crippen molar-refractivity contribution < 1.29 is 19.0 Å². The van der Waals surface area contributed by atoms with E-state index < -0.39 is 11.7 Å². The maximum Gasteiger partial charge on any atom is 0.404 e. The van der Waals surface area contributed by atoms with Crippen LogP contribution in [0, 0.1) is 15.4 Å². The van der Waals surface area contributed by atoms with Gasteiger partial charge in [-0.25, -0.2) is 4.79 Å². The number of methoxy groups -OCH3 is 1. The lowest BCUT2D eigenvalue weighted by Gasteiger charge is -2.37. The number of primary amides is 1. The zero-order valence-electron chi connectivity index (χ0n) is 13.8. The monoisotopic (exact) mass is 433 g/mol. The van der Waals surface area contributed by atoms with Crippen LogP contribution in [-0.4, -0.2) is 26.1 Å². The van der Waals surface area contributed by atoms with Gasteiger partial charge < -0.3 is 19.9 Å². The van der Waals surface area contributed by atoms with E-state index in [-0.39, 0.29) is 18.8 Å². The second-order valence-corrected chi connectivity index (χ2v) is 7.50. The summed E-state index contributed by atoms with van der Waals surface area (Å²) in [4.78, 5) is 11.1. The first kappa shape index (κ1) is 18.5. The van der Waals surface area contributed by atoms with Crippen LogP contribution in [-0.2, 0) is 19.8 Å². The van der Waals surface area contributed by atoms with Gasteiger partial charge in [-0.15, -0.1) is 0 Å². The number of hydrogen-bond acceptors (Lipinski definition) is 4. The van der Waals surface area contributed by atoms with Crippen molar-refractivity contribution in [1.82, 2.24) is 0 Å². The van der Waals surface area contributed by atoms with Crippen molar-refractivity contribution in [1.29, 1.82) is 0 Å². The van der Waals surface area contributed by atoms with Crippen molar-refractivity contribution in [3.8, 4) is 0 Å². The fourth-order valence-corrected chi connectivity index (χ4v) is 4.07. The molecule has 2 N–H and O–H groups in total. The molecule has 5 nitrogen and oxygen atoms in total. The van der Waals surface area contributed by atoms with Crippen molar-refractivity contribution in [3.63, 3.8) is 0 Å². The number of benzene rings is 1. The van der Waals surface area contributed by atoms with E-state index in [0.717, 1.165) is 22.0 Å². The molecule has 0 heterocycles. The van der Waals surface area contributed by atoms with Gasteiger partial charge in [-0.1, -0.05) is 32.0 Å². The highest BCUT2D eigenvalue weighted by Crippen LogP contribution is 2.54. The van der Waals surface area contributed by atoms with Gasteiger partial charge in [-0.3, -0.25) is 0 Å². The van der Waals surface area contributed by atoms with Crippen molar-refractivity contribution in [2.24, 2.45) is 17.6 Å². The van der Waals surface area contributed by atoms with Gasteiger partial charge in [-0.2, -0.15) is 0 Å². The van der Waals surface area contributed by atoms with Gasteiger partial charge in [-0.05, 0) is 53.0 Å². The molecule has 128 valence electrons. The molecule has 1 aromatic rings. The quantitative estimate of drug-likeness (QED) is 0.502. The Morgan fingerprint density at radius 1 is 1.43 bits per heavy atom. The number of amides is 1. The van der Waals surface area contributed by atoms with E-state index in [9.17, 15) is 4.79 Å². The molecule has 1 unspecified atom stereocenters. The third-order valence-corrected chi connectivity index (χ3v) is 5.01. The SMILES string of the molecule is COCO[C@](CC(C)C)(c1ccccc1I)[C@H]1CC1OC(N)=O. The molecule has 2 rings (SSSR count). The predicted octanol–water partition coefficient (Wildman–Crippen LogP) is 3.64. The number of rotatable bonds is 8. The Balaban J connectivity index is 2.39. The molecule has 0 spiro atoms. The second kappa shape index (κ2) is 7.81. The molecule has 1 aromatic carbocycles. The number of hydrogen-bond donors (Lipinski definition) is 1. The molecule has 1 fully saturated rings. The fraction of sp³-hybridized carbons (Fsp3) is 0.588. The van der Waals surface area contributed by atoms with Crippen molar-refractivity contribution in [2.45, 2.75) is 38.4 Å². The highest BCUT2D eigenvalue weighted by Gasteiger charge is 2.57. The largest absolute Gasteiger partial charge is 0.446 e. The first-order chi connectivity index (χ1) is 10.9. The van der Waals surface area contributed by atoms with E-state index in [1.807, 2.05) is 12.1 Å². The Hall–Kier alpha value is -0.860. The van der Waals surface area contributed by atoms with E-state index >= 15 is 0 Å². The maximum absolute atomic E-state index is 11.1. The van der Waals surface area contributed by atoms with Gasteiger partial charge in [0.05, 0.1) is 0 Å². The molecule has 1 saturated carbocycles. The summed E-state index contributed by atoms with van der Waals surface area (Å²) in [6, 6.07) is 8.16. The third-order valence-electron chi connectivity index (χ3n) is 4.07. The highest BCUT2D eigenvalue weighted by atomic mass is 127. The van der Waals surface area contributed by atoms with Gasteiger partial charge in [0, 0.05) is 16.6 Å². The van der Waals surface area contributed by atoms with E-state index in [1.54, 1.807) is 7.11 Å². The number of carbonyl (C=O) groups excluding carboxylic acids is 1. The highest BCUT2D eigenvalue weighted by molar-refractivity contribution is 14.1. The Morgan fingerprint density at radius 2 is 2.13 bits per heavy atom. The van der Waals surface area contributed by atoms with Crippen LogP contribution in [0.3, 0.4) is 0 Å². The summed E-state index contributed by atoms with van der Waals surface area (Å²) in [6.45, 7) is 4.51. The average molecular weight is 433 g/mol. The molecule has 6 heteroatoms. The Morgan fingerprint density at radius 3 is 2.70 bits per heavy atom. The second-order valence-electron chi connectivity index (χ2n) is 6.34. The smallest absolute Gasteiger partial charge is 0.404 e. The van der Waals surface area contributed by atoms with Crippen LogP contribution in [0.15, 0.2) is 24.3 Å². The molecule has 0 saturated heterocycles. The lowest BCUT2D eigenvalue weighted by Crippen LogP contribution is -2.37. The molecular weight excluding hydrogens is 409 g/mol. The summed E-state index contributed by atoms with van der Waals surface area (Å²) in [5.41, 5.74) is 5.76. The fourth-order valence-electron chi connectivity index (χ4n) is 3.22. The molecule has 1 aliphatic rings. The van der Waals surface area contributed by atoms with Gasteiger partial charge in [0.2, 0.25) is 0 Å². The van der Waals surface area contributed by atoms with Gasteiger partial charge in [0.25, 0.3) is 0 Å². The number of halogens is 1. The summed E-state index contributed by atoms with van der Waals surface area (Å²) in [5.74, 6) is 0.501.